The smallest absolute Gasteiger partial charge is 0.445 e. The second kappa shape index (κ2) is 9.87. The first-order valence-corrected chi connectivity index (χ1v) is 15.0. The van der Waals surface area contributed by atoms with Crippen molar-refractivity contribution in [2.24, 2.45) is 0 Å². The molecule has 7 heteroatoms. The van der Waals surface area contributed by atoms with Crippen molar-refractivity contribution >= 4 is 32.5 Å². The molecule has 0 unspecified atom stereocenters. The molecule has 1 amide bonds. The van der Waals surface area contributed by atoms with E-state index in [0.717, 1.165) is 16.6 Å². The number of carbonyl (C=O) groups is 1. The molecule has 2 aromatic rings. The maximum atomic E-state index is 12.4. The van der Waals surface area contributed by atoms with E-state index in [0.29, 0.717) is 0 Å². The van der Waals surface area contributed by atoms with E-state index < -0.39 is 32.5 Å². The van der Waals surface area contributed by atoms with Gasteiger partial charge in [-0.1, -0.05) is 85.5 Å². The summed E-state index contributed by atoms with van der Waals surface area (Å²) in [6.07, 6.45) is 1.58. The Morgan fingerprint density at radius 2 is 1.64 bits per heavy atom. The van der Waals surface area contributed by atoms with Crippen LogP contribution in [-0.2, 0) is 20.7 Å². The highest BCUT2D eigenvalue weighted by Gasteiger charge is 2.52. The van der Waals surface area contributed by atoms with Crippen molar-refractivity contribution in [3.8, 4) is 0 Å². The molecule has 0 saturated carbocycles. The highest BCUT2D eigenvalue weighted by atomic mass is 28.3. The molecule has 0 spiro atoms. The van der Waals surface area contributed by atoms with Gasteiger partial charge in [0.1, 0.15) is 6.61 Å². The Kier molecular flexibility index (Phi) is 7.56. The summed E-state index contributed by atoms with van der Waals surface area (Å²) in [6, 6.07) is 18.2. The van der Waals surface area contributed by atoms with Gasteiger partial charge in [-0.15, -0.1) is 0 Å². The van der Waals surface area contributed by atoms with Crippen molar-refractivity contribution in [2.75, 3.05) is 6.54 Å². The van der Waals surface area contributed by atoms with E-state index in [4.69, 9.17) is 14.0 Å². The molecule has 0 bridgehead atoms. The third kappa shape index (κ3) is 6.59. The third-order valence-corrected chi connectivity index (χ3v) is 8.35. The normalized spacial score (nSPS) is 17.7. The standard InChI is InChI=1S/C26H36BNO4Si/c1-25(2)26(3,4)32-27(31-25)22(16-21-14-11-15-23(17-21)33(5,6)7)18-28-24(29)30-19-20-12-9-8-10-13-20/h8-17H,18-19H2,1-7H3,(H,28,29). The van der Waals surface area contributed by atoms with E-state index in [1.54, 1.807) is 0 Å². The Hall–Kier alpha value is -2.35. The van der Waals surface area contributed by atoms with Gasteiger partial charge in [-0.3, -0.25) is 0 Å². The van der Waals surface area contributed by atoms with Gasteiger partial charge in [0.2, 0.25) is 0 Å². The predicted molar refractivity (Wildman–Crippen MR) is 138 cm³/mol. The molecular formula is C26H36BNO4Si. The molecule has 0 aliphatic carbocycles. The van der Waals surface area contributed by atoms with Crippen molar-refractivity contribution in [1.82, 2.24) is 5.32 Å². The number of amides is 1. The first kappa shape index (κ1) is 25.3. The maximum Gasteiger partial charge on any atom is 0.492 e. The quantitative estimate of drug-likeness (QED) is 0.573. The predicted octanol–water partition coefficient (Wildman–Crippen LogP) is 5.17. The summed E-state index contributed by atoms with van der Waals surface area (Å²) in [5.74, 6) is 0. The first-order valence-electron chi connectivity index (χ1n) is 11.5. The number of rotatable bonds is 7. The molecule has 5 nitrogen and oxygen atoms in total. The van der Waals surface area contributed by atoms with E-state index in [9.17, 15) is 4.79 Å². The van der Waals surface area contributed by atoms with Gasteiger partial charge < -0.3 is 19.4 Å². The average molecular weight is 465 g/mol. The van der Waals surface area contributed by atoms with Crippen LogP contribution >= 0.6 is 0 Å². The second-order valence-electron chi connectivity index (χ2n) is 10.6. The Bertz CT molecular complexity index is 983. The number of nitrogens with one attached hydrogen (secondary N) is 1. The lowest BCUT2D eigenvalue weighted by Gasteiger charge is -2.32. The van der Waals surface area contributed by atoms with E-state index in [1.807, 2.05) is 58.0 Å². The van der Waals surface area contributed by atoms with Gasteiger partial charge in [-0.05, 0) is 44.3 Å². The lowest BCUT2D eigenvalue weighted by Crippen LogP contribution is -2.41. The first-order chi connectivity index (χ1) is 15.4. The highest BCUT2D eigenvalue weighted by molar-refractivity contribution is 6.88. The number of ether oxygens (including phenoxy) is 1. The molecule has 1 N–H and O–H groups in total. The minimum atomic E-state index is -1.45. The number of hydrogen-bond acceptors (Lipinski definition) is 4. The maximum absolute atomic E-state index is 12.4. The molecule has 0 radical (unpaired) electrons. The minimum Gasteiger partial charge on any atom is -0.445 e. The summed E-state index contributed by atoms with van der Waals surface area (Å²) in [4.78, 5) is 12.4. The zero-order chi connectivity index (χ0) is 24.3. The average Bonchev–Trinajstić information content (AvgIpc) is 2.96. The van der Waals surface area contributed by atoms with Gasteiger partial charge in [0.15, 0.2) is 0 Å². The molecule has 0 aromatic heterocycles. The minimum absolute atomic E-state index is 0.223. The Balaban J connectivity index is 1.78. The molecule has 1 saturated heterocycles. The summed E-state index contributed by atoms with van der Waals surface area (Å²) in [7, 11) is -2.01. The molecular weight excluding hydrogens is 429 g/mol. The fraction of sp³-hybridized carbons (Fsp3) is 0.423. The van der Waals surface area contributed by atoms with Crippen LogP contribution in [0.2, 0.25) is 19.6 Å². The summed E-state index contributed by atoms with van der Waals surface area (Å²) in [5.41, 5.74) is 1.92. The fourth-order valence-corrected chi connectivity index (χ4v) is 4.65. The zero-order valence-electron chi connectivity index (χ0n) is 20.9. The molecule has 1 fully saturated rings. The lowest BCUT2D eigenvalue weighted by atomic mass is 9.77. The van der Waals surface area contributed by atoms with E-state index >= 15 is 0 Å². The topological polar surface area (TPSA) is 56.8 Å². The van der Waals surface area contributed by atoms with Crippen molar-refractivity contribution in [3.05, 3.63) is 71.2 Å². The molecule has 176 valence electrons. The van der Waals surface area contributed by atoms with Crippen LogP contribution in [-0.4, -0.2) is 39.0 Å². The lowest BCUT2D eigenvalue weighted by molar-refractivity contribution is 0.00578. The van der Waals surface area contributed by atoms with Crippen molar-refractivity contribution in [3.63, 3.8) is 0 Å². The molecule has 2 aromatic carbocycles. The summed E-state index contributed by atoms with van der Waals surface area (Å²) >= 11 is 0. The van der Waals surface area contributed by atoms with Crippen LogP contribution in [0.1, 0.15) is 38.8 Å². The third-order valence-electron chi connectivity index (χ3n) is 6.31. The van der Waals surface area contributed by atoms with Gasteiger partial charge >= 0.3 is 13.2 Å². The van der Waals surface area contributed by atoms with Crippen molar-refractivity contribution < 1.29 is 18.8 Å². The number of alkyl carbamates (subject to hydrolysis) is 1. The molecule has 0 atom stereocenters. The van der Waals surface area contributed by atoms with Gasteiger partial charge in [0, 0.05) is 6.54 Å². The van der Waals surface area contributed by atoms with Gasteiger partial charge in [-0.25, -0.2) is 4.79 Å². The Labute approximate surface area is 199 Å². The van der Waals surface area contributed by atoms with Crippen LogP contribution in [0.3, 0.4) is 0 Å². The summed E-state index contributed by atoms with van der Waals surface area (Å²) in [5, 5.41) is 4.24. The van der Waals surface area contributed by atoms with E-state index in [1.165, 1.54) is 5.19 Å². The number of carbonyl (C=O) groups excluding carboxylic acids is 1. The van der Waals surface area contributed by atoms with Gasteiger partial charge in [0.05, 0.1) is 19.3 Å². The SMILES string of the molecule is CC1(C)OB(C(=Cc2cccc([Si](C)(C)C)c2)CNC(=O)OCc2ccccc2)OC1(C)C. The second-order valence-corrected chi connectivity index (χ2v) is 15.7. The van der Waals surface area contributed by atoms with E-state index in [2.05, 4.69) is 55.3 Å². The van der Waals surface area contributed by atoms with Gasteiger partial charge in [-0.2, -0.15) is 0 Å². The molecule has 1 heterocycles. The van der Waals surface area contributed by atoms with Crippen LogP contribution in [0.15, 0.2) is 60.1 Å². The van der Waals surface area contributed by atoms with Crippen LogP contribution < -0.4 is 10.5 Å². The van der Waals surface area contributed by atoms with Gasteiger partial charge in [0.25, 0.3) is 0 Å². The van der Waals surface area contributed by atoms with Crippen LogP contribution in [0, 0.1) is 0 Å². The monoisotopic (exact) mass is 465 g/mol. The molecule has 1 aliphatic heterocycles. The van der Waals surface area contributed by atoms with E-state index in [-0.39, 0.29) is 13.2 Å². The van der Waals surface area contributed by atoms with Crippen LogP contribution in [0.4, 0.5) is 4.79 Å². The van der Waals surface area contributed by atoms with Crippen molar-refractivity contribution in [1.29, 1.82) is 0 Å². The summed E-state index contributed by atoms with van der Waals surface area (Å²) in [6.45, 7) is 15.6. The fourth-order valence-electron chi connectivity index (χ4n) is 3.45. The highest BCUT2D eigenvalue weighted by Crippen LogP contribution is 2.38. The molecule has 33 heavy (non-hydrogen) atoms. The molecule has 3 rings (SSSR count). The zero-order valence-corrected chi connectivity index (χ0v) is 21.9. The molecule has 1 aliphatic rings. The summed E-state index contributed by atoms with van der Waals surface area (Å²) < 4.78 is 18.0. The Morgan fingerprint density at radius 3 is 2.24 bits per heavy atom. The Morgan fingerprint density at radius 1 is 1.00 bits per heavy atom. The van der Waals surface area contributed by atoms with Crippen LogP contribution in [0.5, 0.6) is 0 Å². The largest absolute Gasteiger partial charge is 0.492 e. The van der Waals surface area contributed by atoms with Crippen molar-refractivity contribution in [2.45, 2.75) is 65.1 Å². The number of benzene rings is 2. The number of hydrogen-bond donors (Lipinski definition) is 1. The van der Waals surface area contributed by atoms with Crippen LogP contribution in [0.25, 0.3) is 6.08 Å².